The van der Waals surface area contributed by atoms with Crippen LogP contribution >= 0.6 is 27.5 Å². The van der Waals surface area contributed by atoms with E-state index in [4.69, 9.17) is 16.3 Å². The average molecular weight is 355 g/mol. The SMILES string of the molecule is CCNC(C)c1ccc(Oc2cccc(Br)c2)c(Cl)c1. The van der Waals surface area contributed by atoms with Crippen LogP contribution in [0, 0.1) is 0 Å². The maximum Gasteiger partial charge on any atom is 0.146 e. The highest BCUT2D eigenvalue weighted by Crippen LogP contribution is 2.32. The zero-order valence-corrected chi connectivity index (χ0v) is 13.8. The molecule has 0 fully saturated rings. The Hall–Kier alpha value is -1.03. The fourth-order valence-corrected chi connectivity index (χ4v) is 2.56. The van der Waals surface area contributed by atoms with Gasteiger partial charge in [0.2, 0.25) is 0 Å². The van der Waals surface area contributed by atoms with Crippen molar-refractivity contribution in [2.45, 2.75) is 19.9 Å². The van der Waals surface area contributed by atoms with Crippen molar-refractivity contribution < 1.29 is 4.74 Å². The molecule has 0 bridgehead atoms. The van der Waals surface area contributed by atoms with E-state index in [0.717, 1.165) is 22.3 Å². The second-order valence-electron chi connectivity index (χ2n) is 4.53. The largest absolute Gasteiger partial charge is 0.456 e. The molecule has 0 aliphatic rings. The van der Waals surface area contributed by atoms with Crippen LogP contribution in [0.5, 0.6) is 11.5 Å². The zero-order valence-electron chi connectivity index (χ0n) is 11.5. The van der Waals surface area contributed by atoms with Crippen LogP contribution in [0.3, 0.4) is 0 Å². The summed E-state index contributed by atoms with van der Waals surface area (Å²) in [6.07, 6.45) is 0. The first-order valence-electron chi connectivity index (χ1n) is 6.56. The van der Waals surface area contributed by atoms with Gasteiger partial charge in [0.05, 0.1) is 5.02 Å². The molecule has 4 heteroatoms. The van der Waals surface area contributed by atoms with E-state index >= 15 is 0 Å². The number of ether oxygens (including phenoxy) is 1. The fraction of sp³-hybridized carbons (Fsp3) is 0.250. The van der Waals surface area contributed by atoms with Crippen molar-refractivity contribution in [3.05, 3.63) is 57.5 Å². The van der Waals surface area contributed by atoms with Gasteiger partial charge in [-0.2, -0.15) is 0 Å². The van der Waals surface area contributed by atoms with Crippen molar-refractivity contribution >= 4 is 27.5 Å². The van der Waals surface area contributed by atoms with Crippen LogP contribution in [0.2, 0.25) is 5.02 Å². The second kappa shape index (κ2) is 7.11. The minimum atomic E-state index is 0.275. The molecule has 0 radical (unpaired) electrons. The molecular formula is C16H17BrClNO. The summed E-state index contributed by atoms with van der Waals surface area (Å²) in [6, 6.07) is 13.9. The minimum absolute atomic E-state index is 0.275. The number of rotatable bonds is 5. The van der Waals surface area contributed by atoms with Crippen molar-refractivity contribution in [1.82, 2.24) is 5.32 Å². The molecule has 2 aromatic carbocycles. The number of halogens is 2. The summed E-state index contributed by atoms with van der Waals surface area (Å²) in [6.45, 7) is 5.13. The summed E-state index contributed by atoms with van der Waals surface area (Å²) in [5, 5.41) is 3.98. The van der Waals surface area contributed by atoms with Crippen molar-refractivity contribution in [1.29, 1.82) is 0 Å². The van der Waals surface area contributed by atoms with E-state index in [-0.39, 0.29) is 6.04 Å². The van der Waals surface area contributed by atoms with Crippen molar-refractivity contribution in [2.75, 3.05) is 6.54 Å². The lowest BCUT2D eigenvalue weighted by atomic mass is 10.1. The van der Waals surface area contributed by atoms with Gasteiger partial charge in [0.1, 0.15) is 11.5 Å². The molecule has 0 saturated heterocycles. The Balaban J connectivity index is 2.17. The van der Waals surface area contributed by atoms with Gasteiger partial charge >= 0.3 is 0 Å². The first kappa shape index (κ1) is 15.4. The summed E-state index contributed by atoms with van der Waals surface area (Å²) in [5.74, 6) is 1.42. The molecule has 1 N–H and O–H groups in total. The molecule has 0 aliphatic carbocycles. The summed E-state index contributed by atoms with van der Waals surface area (Å²) in [5.41, 5.74) is 1.15. The van der Waals surface area contributed by atoms with Crippen LogP contribution in [-0.4, -0.2) is 6.54 Å². The van der Waals surface area contributed by atoms with Gasteiger partial charge in [0.15, 0.2) is 0 Å². The lowest BCUT2D eigenvalue weighted by Gasteiger charge is -2.15. The van der Waals surface area contributed by atoms with E-state index in [1.54, 1.807) is 0 Å². The van der Waals surface area contributed by atoms with Crippen LogP contribution in [0.4, 0.5) is 0 Å². The molecule has 2 nitrogen and oxygen atoms in total. The van der Waals surface area contributed by atoms with E-state index in [1.807, 2.05) is 42.5 Å². The highest BCUT2D eigenvalue weighted by Gasteiger charge is 2.09. The summed E-state index contributed by atoms with van der Waals surface area (Å²) >= 11 is 9.72. The lowest BCUT2D eigenvalue weighted by Crippen LogP contribution is -2.17. The molecule has 0 spiro atoms. The zero-order chi connectivity index (χ0) is 14.5. The third-order valence-corrected chi connectivity index (χ3v) is 3.78. The number of hydrogen-bond donors (Lipinski definition) is 1. The molecule has 0 aliphatic heterocycles. The van der Waals surface area contributed by atoms with Gasteiger partial charge < -0.3 is 10.1 Å². The van der Waals surface area contributed by atoms with Gasteiger partial charge in [-0.3, -0.25) is 0 Å². The molecule has 106 valence electrons. The molecular weight excluding hydrogens is 338 g/mol. The smallest absolute Gasteiger partial charge is 0.146 e. The molecule has 2 aromatic rings. The molecule has 0 amide bonds. The third kappa shape index (κ3) is 3.98. The fourth-order valence-electron chi connectivity index (χ4n) is 1.95. The Bertz CT molecular complexity index is 588. The summed E-state index contributed by atoms with van der Waals surface area (Å²) in [4.78, 5) is 0. The quantitative estimate of drug-likeness (QED) is 0.758. The molecule has 1 atom stereocenters. The van der Waals surface area contributed by atoms with Gasteiger partial charge in [-0.05, 0) is 49.4 Å². The van der Waals surface area contributed by atoms with Crippen LogP contribution in [0.15, 0.2) is 46.9 Å². The Kier molecular flexibility index (Phi) is 5.46. The predicted molar refractivity (Wildman–Crippen MR) is 87.8 cm³/mol. The number of hydrogen-bond acceptors (Lipinski definition) is 2. The van der Waals surface area contributed by atoms with E-state index in [1.165, 1.54) is 0 Å². The predicted octanol–water partition coefficient (Wildman–Crippen LogP) is 5.57. The normalized spacial score (nSPS) is 12.2. The molecule has 0 saturated carbocycles. The van der Waals surface area contributed by atoms with Crippen molar-refractivity contribution in [2.24, 2.45) is 0 Å². The van der Waals surface area contributed by atoms with Crippen LogP contribution in [0.1, 0.15) is 25.5 Å². The first-order valence-corrected chi connectivity index (χ1v) is 7.73. The standard InChI is InChI=1S/C16H17BrClNO/c1-3-19-11(2)12-7-8-16(15(18)9-12)20-14-6-4-5-13(17)10-14/h4-11,19H,3H2,1-2H3. The van der Waals surface area contributed by atoms with Gasteiger partial charge in [-0.15, -0.1) is 0 Å². The Labute approximate surface area is 133 Å². The van der Waals surface area contributed by atoms with Crippen molar-refractivity contribution in [3.63, 3.8) is 0 Å². The Morgan fingerprint density at radius 1 is 1.25 bits per heavy atom. The maximum atomic E-state index is 6.30. The molecule has 0 heterocycles. The summed E-state index contributed by atoms with van der Waals surface area (Å²) < 4.78 is 6.78. The summed E-state index contributed by atoms with van der Waals surface area (Å²) in [7, 11) is 0. The van der Waals surface area contributed by atoms with E-state index in [0.29, 0.717) is 10.8 Å². The number of benzene rings is 2. The van der Waals surface area contributed by atoms with Gasteiger partial charge in [-0.1, -0.05) is 46.6 Å². The first-order chi connectivity index (χ1) is 9.60. The molecule has 1 unspecified atom stereocenters. The van der Waals surface area contributed by atoms with E-state index < -0.39 is 0 Å². The van der Waals surface area contributed by atoms with Gasteiger partial charge in [0.25, 0.3) is 0 Å². The number of nitrogens with one attached hydrogen (secondary N) is 1. The van der Waals surface area contributed by atoms with Crippen molar-refractivity contribution in [3.8, 4) is 11.5 Å². The lowest BCUT2D eigenvalue weighted by molar-refractivity contribution is 0.482. The van der Waals surface area contributed by atoms with E-state index in [9.17, 15) is 0 Å². The Morgan fingerprint density at radius 2 is 2.05 bits per heavy atom. The van der Waals surface area contributed by atoms with Crippen LogP contribution < -0.4 is 10.1 Å². The topological polar surface area (TPSA) is 21.3 Å². The Morgan fingerprint density at radius 3 is 2.70 bits per heavy atom. The third-order valence-electron chi connectivity index (χ3n) is 2.99. The monoisotopic (exact) mass is 353 g/mol. The van der Waals surface area contributed by atoms with Gasteiger partial charge in [-0.25, -0.2) is 0 Å². The molecule has 20 heavy (non-hydrogen) atoms. The minimum Gasteiger partial charge on any atom is -0.456 e. The molecule has 0 aromatic heterocycles. The average Bonchev–Trinajstić information content (AvgIpc) is 2.41. The van der Waals surface area contributed by atoms with Gasteiger partial charge in [0, 0.05) is 10.5 Å². The second-order valence-corrected chi connectivity index (χ2v) is 5.85. The van der Waals surface area contributed by atoms with Crippen LogP contribution in [0.25, 0.3) is 0 Å². The highest BCUT2D eigenvalue weighted by atomic mass is 79.9. The highest BCUT2D eigenvalue weighted by molar-refractivity contribution is 9.10. The maximum absolute atomic E-state index is 6.30. The molecule has 2 rings (SSSR count). The van der Waals surface area contributed by atoms with E-state index in [2.05, 4.69) is 35.1 Å². The van der Waals surface area contributed by atoms with Crippen LogP contribution in [-0.2, 0) is 0 Å².